The molecule has 3 rings (SSSR count). The van der Waals surface area contributed by atoms with Gasteiger partial charge in [-0.3, -0.25) is 4.79 Å². The highest BCUT2D eigenvalue weighted by Gasteiger charge is 2.15. The number of hydrogen-bond donors (Lipinski definition) is 2. The van der Waals surface area contributed by atoms with E-state index in [4.69, 9.17) is 21.1 Å². The molecule has 7 nitrogen and oxygen atoms in total. The number of ether oxygens (including phenoxy) is 2. The fourth-order valence-corrected chi connectivity index (χ4v) is 3.38. The van der Waals surface area contributed by atoms with E-state index in [0.29, 0.717) is 54.3 Å². The van der Waals surface area contributed by atoms with Crippen LogP contribution in [0.25, 0.3) is 0 Å². The van der Waals surface area contributed by atoms with Crippen molar-refractivity contribution in [1.82, 2.24) is 15.5 Å². The fourth-order valence-electron chi connectivity index (χ4n) is 3.10. The molecule has 1 aliphatic heterocycles. The van der Waals surface area contributed by atoms with Crippen molar-refractivity contribution in [2.75, 3.05) is 33.9 Å². The molecule has 8 heteroatoms. The van der Waals surface area contributed by atoms with Crippen LogP contribution in [-0.2, 0) is 13.1 Å². The van der Waals surface area contributed by atoms with E-state index in [-0.39, 0.29) is 5.91 Å². The first-order valence-electron chi connectivity index (χ1n) is 10.4. The largest absolute Gasteiger partial charge is 0.489 e. The highest BCUT2D eigenvalue weighted by atomic mass is 35.5. The van der Waals surface area contributed by atoms with Gasteiger partial charge in [-0.15, -0.1) is 0 Å². The van der Waals surface area contributed by atoms with Gasteiger partial charge in [0.15, 0.2) is 17.5 Å². The van der Waals surface area contributed by atoms with E-state index in [1.807, 2.05) is 43.3 Å². The third-order valence-corrected chi connectivity index (χ3v) is 4.97. The van der Waals surface area contributed by atoms with Crippen LogP contribution in [0.4, 0.5) is 0 Å². The van der Waals surface area contributed by atoms with Crippen LogP contribution in [0.5, 0.6) is 11.5 Å². The molecule has 166 valence electrons. The molecule has 0 aromatic heterocycles. The molecule has 0 saturated heterocycles. The molecule has 2 aromatic rings. The number of fused-ring (bicyclic) bond motifs is 1. The molecule has 0 atom stereocenters. The summed E-state index contributed by atoms with van der Waals surface area (Å²) in [5.41, 5.74) is 2.66. The average Bonchev–Trinajstić information content (AvgIpc) is 3.01. The van der Waals surface area contributed by atoms with Crippen molar-refractivity contribution < 1.29 is 14.3 Å². The van der Waals surface area contributed by atoms with Gasteiger partial charge < -0.3 is 25.0 Å². The second-order valence-electron chi connectivity index (χ2n) is 7.40. The maximum atomic E-state index is 12.0. The number of halogens is 1. The number of aliphatic imine (C=N–C) groups is 1. The molecule has 0 radical (unpaired) electrons. The van der Waals surface area contributed by atoms with E-state index in [0.717, 1.165) is 24.1 Å². The third kappa shape index (κ3) is 6.28. The second-order valence-corrected chi connectivity index (χ2v) is 7.81. The maximum absolute atomic E-state index is 12.0. The van der Waals surface area contributed by atoms with Gasteiger partial charge in [-0.2, -0.15) is 0 Å². The van der Waals surface area contributed by atoms with Crippen molar-refractivity contribution in [3.63, 3.8) is 0 Å². The molecule has 0 unspecified atom stereocenters. The summed E-state index contributed by atoms with van der Waals surface area (Å²) in [7, 11) is 3.49. The standard InChI is InChI=1S/C23H29ClN4O3/c1-4-25-23(26-14-16-6-8-18(9-7-16)22(29)28(2)3)27-15-17-12-19(24)21-20(13-17)30-10-5-11-31-21/h6-9,12-13H,4-5,10-11,14-15H2,1-3H3,(H2,25,26,27). The first-order chi connectivity index (χ1) is 15.0. The van der Waals surface area contributed by atoms with Crippen LogP contribution in [0.15, 0.2) is 41.4 Å². The molecule has 31 heavy (non-hydrogen) atoms. The van der Waals surface area contributed by atoms with Crippen LogP contribution in [0, 0.1) is 0 Å². The van der Waals surface area contributed by atoms with Gasteiger partial charge in [-0.25, -0.2) is 4.99 Å². The lowest BCUT2D eigenvalue weighted by molar-refractivity contribution is 0.0827. The van der Waals surface area contributed by atoms with Gasteiger partial charge in [0.25, 0.3) is 5.91 Å². The van der Waals surface area contributed by atoms with E-state index in [2.05, 4.69) is 15.6 Å². The number of nitrogens with one attached hydrogen (secondary N) is 2. The van der Waals surface area contributed by atoms with Crippen LogP contribution in [-0.4, -0.2) is 50.6 Å². The van der Waals surface area contributed by atoms with Gasteiger partial charge in [0.1, 0.15) is 0 Å². The summed E-state index contributed by atoms with van der Waals surface area (Å²) in [6, 6.07) is 11.3. The molecule has 1 heterocycles. The predicted octanol–water partition coefficient (Wildman–Crippen LogP) is 3.46. The first-order valence-corrected chi connectivity index (χ1v) is 10.8. The molecule has 2 aromatic carbocycles. The number of carbonyl (C=O) groups is 1. The Kier molecular flexibility index (Phi) is 8.00. The second kappa shape index (κ2) is 10.9. The van der Waals surface area contributed by atoms with Gasteiger partial charge in [0.2, 0.25) is 0 Å². The molecule has 0 bridgehead atoms. The minimum Gasteiger partial charge on any atom is -0.489 e. The van der Waals surface area contributed by atoms with Gasteiger partial charge in [-0.05, 0) is 42.3 Å². The topological polar surface area (TPSA) is 75.2 Å². The van der Waals surface area contributed by atoms with Crippen LogP contribution in [0.3, 0.4) is 0 Å². The van der Waals surface area contributed by atoms with E-state index >= 15 is 0 Å². The van der Waals surface area contributed by atoms with Gasteiger partial charge >= 0.3 is 0 Å². The Morgan fingerprint density at radius 2 is 1.84 bits per heavy atom. The Bertz CT molecular complexity index is 929. The molecule has 2 N–H and O–H groups in total. The number of carbonyl (C=O) groups excluding carboxylic acids is 1. The van der Waals surface area contributed by atoms with Crippen molar-refractivity contribution in [3.05, 3.63) is 58.1 Å². The number of guanidine groups is 1. The summed E-state index contributed by atoms with van der Waals surface area (Å²) >= 11 is 6.38. The average molecular weight is 445 g/mol. The minimum absolute atomic E-state index is 0.0109. The van der Waals surface area contributed by atoms with Crippen molar-refractivity contribution in [1.29, 1.82) is 0 Å². The normalized spacial score (nSPS) is 13.4. The zero-order valence-corrected chi connectivity index (χ0v) is 19.0. The Morgan fingerprint density at radius 3 is 2.55 bits per heavy atom. The zero-order valence-electron chi connectivity index (χ0n) is 18.2. The summed E-state index contributed by atoms with van der Waals surface area (Å²) < 4.78 is 11.4. The van der Waals surface area contributed by atoms with Gasteiger partial charge in [0.05, 0.1) is 24.8 Å². The summed E-state index contributed by atoms with van der Waals surface area (Å²) in [4.78, 5) is 18.2. The summed E-state index contributed by atoms with van der Waals surface area (Å²) in [5, 5.41) is 7.10. The molecular weight excluding hydrogens is 416 g/mol. The number of rotatable bonds is 6. The van der Waals surface area contributed by atoms with Crippen molar-refractivity contribution in [3.8, 4) is 11.5 Å². The zero-order chi connectivity index (χ0) is 22.2. The fraction of sp³-hybridized carbons (Fsp3) is 0.391. The van der Waals surface area contributed by atoms with Crippen LogP contribution in [0.1, 0.15) is 34.8 Å². The summed E-state index contributed by atoms with van der Waals surface area (Å²) in [6.45, 7) is 5.00. The van der Waals surface area contributed by atoms with Crippen LogP contribution in [0.2, 0.25) is 5.02 Å². The quantitative estimate of drug-likeness (QED) is 0.527. The van der Waals surface area contributed by atoms with E-state index < -0.39 is 0 Å². The Hall–Kier alpha value is -2.93. The molecule has 0 fully saturated rings. The molecule has 0 aliphatic carbocycles. The number of hydrogen-bond acceptors (Lipinski definition) is 4. The highest BCUT2D eigenvalue weighted by molar-refractivity contribution is 6.32. The number of benzene rings is 2. The SMILES string of the molecule is CCNC(=NCc1cc(Cl)c2c(c1)OCCCO2)NCc1ccc(C(=O)N(C)C)cc1. The Labute approximate surface area is 188 Å². The Balaban J connectivity index is 1.65. The number of amides is 1. The lowest BCUT2D eigenvalue weighted by atomic mass is 10.1. The van der Waals surface area contributed by atoms with Gasteiger partial charge in [0, 0.05) is 39.2 Å². The molecule has 0 spiro atoms. The third-order valence-electron chi connectivity index (χ3n) is 4.69. The van der Waals surface area contributed by atoms with Gasteiger partial charge in [-0.1, -0.05) is 23.7 Å². The predicted molar refractivity (Wildman–Crippen MR) is 123 cm³/mol. The molecule has 0 saturated carbocycles. The first kappa shape index (κ1) is 22.7. The highest BCUT2D eigenvalue weighted by Crippen LogP contribution is 2.38. The minimum atomic E-state index is -0.0109. The summed E-state index contributed by atoms with van der Waals surface area (Å²) in [6.07, 6.45) is 0.831. The lowest BCUT2D eigenvalue weighted by Gasteiger charge is -2.14. The monoisotopic (exact) mass is 444 g/mol. The molecule has 1 amide bonds. The molecular formula is C23H29ClN4O3. The van der Waals surface area contributed by atoms with Crippen molar-refractivity contribution in [2.45, 2.75) is 26.4 Å². The Morgan fingerprint density at radius 1 is 1.10 bits per heavy atom. The maximum Gasteiger partial charge on any atom is 0.253 e. The lowest BCUT2D eigenvalue weighted by Crippen LogP contribution is -2.36. The van der Waals surface area contributed by atoms with Crippen molar-refractivity contribution in [2.24, 2.45) is 4.99 Å². The van der Waals surface area contributed by atoms with Crippen molar-refractivity contribution >= 4 is 23.5 Å². The summed E-state index contributed by atoms with van der Waals surface area (Å²) in [5.74, 6) is 1.95. The van der Waals surface area contributed by atoms with E-state index in [1.165, 1.54) is 0 Å². The molecule has 1 aliphatic rings. The van der Waals surface area contributed by atoms with E-state index in [9.17, 15) is 4.79 Å². The van der Waals surface area contributed by atoms with Crippen LogP contribution < -0.4 is 20.1 Å². The smallest absolute Gasteiger partial charge is 0.253 e. The number of nitrogens with zero attached hydrogens (tertiary/aromatic N) is 2. The van der Waals surface area contributed by atoms with Crippen LogP contribution >= 0.6 is 11.6 Å². The van der Waals surface area contributed by atoms with E-state index in [1.54, 1.807) is 19.0 Å².